The summed E-state index contributed by atoms with van der Waals surface area (Å²) in [6, 6.07) is 29.3. The van der Waals surface area contributed by atoms with Crippen molar-refractivity contribution in [3.05, 3.63) is 146 Å². The zero-order valence-corrected chi connectivity index (χ0v) is 34.9. The first-order chi connectivity index (χ1) is 30.2. The predicted octanol–water partition coefficient (Wildman–Crippen LogP) is 7.58. The van der Waals surface area contributed by atoms with Crippen LogP contribution in [0.4, 0.5) is 11.4 Å². The molecule has 62 heavy (non-hydrogen) atoms. The molecule has 14 nitrogen and oxygen atoms in total. The topological polar surface area (TPSA) is 152 Å². The lowest BCUT2D eigenvalue weighted by molar-refractivity contribution is -0.384. The number of carbonyl (C=O) groups excluding carboxylic acids is 2. The van der Waals surface area contributed by atoms with Gasteiger partial charge in [-0.2, -0.15) is 10.4 Å². The highest BCUT2D eigenvalue weighted by Gasteiger charge is 2.35. The maximum Gasteiger partial charge on any atom is 0.270 e. The number of morpholine rings is 1. The Morgan fingerprint density at radius 2 is 1.74 bits per heavy atom. The Hall–Kier alpha value is -6.66. The van der Waals surface area contributed by atoms with Gasteiger partial charge in [0.25, 0.3) is 17.5 Å². The van der Waals surface area contributed by atoms with Crippen molar-refractivity contribution in [3.63, 3.8) is 0 Å². The van der Waals surface area contributed by atoms with Crippen LogP contribution in [0.1, 0.15) is 74.2 Å². The molecule has 2 saturated heterocycles. The zero-order chi connectivity index (χ0) is 42.9. The van der Waals surface area contributed by atoms with Crippen LogP contribution >= 0.6 is 0 Å². The molecule has 2 atom stereocenters. The molecule has 0 spiro atoms. The summed E-state index contributed by atoms with van der Waals surface area (Å²) in [5.74, 6) is -0.576. The molecule has 0 aliphatic carbocycles. The number of nitro benzene ring substituents is 1. The lowest BCUT2D eigenvalue weighted by Gasteiger charge is -2.40. The van der Waals surface area contributed by atoms with Crippen LogP contribution in [0.15, 0.2) is 97.2 Å². The Morgan fingerprint density at radius 3 is 2.52 bits per heavy atom. The van der Waals surface area contributed by atoms with E-state index in [0.717, 1.165) is 48.8 Å². The number of carbonyl (C=O) groups is 2. The number of nitro groups is 1. The Labute approximate surface area is 359 Å². The molecule has 0 N–H and O–H groups in total. The maximum atomic E-state index is 15.1. The lowest BCUT2D eigenvalue weighted by Crippen LogP contribution is -2.52. The van der Waals surface area contributed by atoms with Crippen LogP contribution in [-0.2, 0) is 36.0 Å². The zero-order valence-electron chi connectivity index (χ0n) is 34.9. The first kappa shape index (κ1) is 40.7. The third-order valence-corrected chi connectivity index (χ3v) is 12.7. The molecule has 9 rings (SSSR count). The monoisotopic (exact) mass is 832 g/mol. The summed E-state index contributed by atoms with van der Waals surface area (Å²) in [4.78, 5) is 47.9. The van der Waals surface area contributed by atoms with Crippen molar-refractivity contribution in [1.29, 1.82) is 5.26 Å². The van der Waals surface area contributed by atoms with Gasteiger partial charge in [-0.05, 0) is 85.7 Å². The number of rotatable bonds is 10. The predicted molar refractivity (Wildman–Crippen MR) is 234 cm³/mol. The smallest absolute Gasteiger partial charge is 0.270 e. The number of aromatic nitrogens is 3. The molecule has 316 valence electrons. The number of anilines is 1. The van der Waals surface area contributed by atoms with Crippen molar-refractivity contribution < 1.29 is 24.0 Å². The summed E-state index contributed by atoms with van der Waals surface area (Å²) in [6.45, 7) is 6.48. The number of hydrogen-bond donors (Lipinski definition) is 0. The second-order valence-electron chi connectivity index (χ2n) is 16.4. The van der Waals surface area contributed by atoms with E-state index in [1.807, 2.05) is 69.6 Å². The molecular weight excluding hydrogens is 785 g/mol. The molecule has 5 heterocycles. The van der Waals surface area contributed by atoms with E-state index in [-0.39, 0.29) is 36.3 Å². The molecule has 2 aromatic heterocycles. The summed E-state index contributed by atoms with van der Waals surface area (Å²) in [5, 5.41) is 27.8. The summed E-state index contributed by atoms with van der Waals surface area (Å²) < 4.78 is 15.4. The van der Waals surface area contributed by atoms with Crippen LogP contribution in [-0.4, -0.2) is 86.4 Å². The van der Waals surface area contributed by atoms with Crippen LogP contribution < -0.4 is 4.90 Å². The van der Waals surface area contributed by atoms with E-state index in [2.05, 4.69) is 22.1 Å². The standard InChI is InChI=1S/C48H48N8O6/c1-32-42(48(58)53(30-36-12-6-4-10-34(36)27-49)38-15-17-44-37(24-38)28-50-55(44)46-13-7-8-20-62-46)26-45(51(32)2)43-25-39(56(59)60)14-16-41(43)47(57)54-29-35-11-5-3-9-33(35)23-40(54)31-52-18-21-61-22-19-52/h3-6,9-12,14-17,24-26,28,40,46H,7-8,13,18-23,29-31H2,1-2H3/t40-,46?/m0/s1. The maximum absolute atomic E-state index is 15.1. The second kappa shape index (κ2) is 17.4. The van der Waals surface area contributed by atoms with Gasteiger partial charge in [0.05, 0.1) is 53.6 Å². The van der Waals surface area contributed by atoms with E-state index < -0.39 is 4.92 Å². The van der Waals surface area contributed by atoms with Crippen LogP contribution in [0, 0.1) is 28.4 Å². The highest BCUT2D eigenvalue weighted by molar-refractivity contribution is 6.09. The number of non-ortho nitro benzene ring substituents is 1. The quantitative estimate of drug-likeness (QED) is 0.101. The number of amides is 2. The van der Waals surface area contributed by atoms with Gasteiger partial charge in [-0.25, -0.2) is 4.68 Å². The van der Waals surface area contributed by atoms with Gasteiger partial charge in [0.1, 0.15) is 0 Å². The van der Waals surface area contributed by atoms with Gasteiger partial charge in [0.15, 0.2) is 6.23 Å². The molecule has 14 heteroatoms. The number of hydrogen-bond acceptors (Lipinski definition) is 9. The van der Waals surface area contributed by atoms with Crippen LogP contribution in [0.3, 0.4) is 0 Å². The molecule has 3 aliphatic heterocycles. The van der Waals surface area contributed by atoms with E-state index in [1.54, 1.807) is 42.4 Å². The number of fused-ring (bicyclic) bond motifs is 2. The number of nitrogens with zero attached hydrogens (tertiary/aromatic N) is 8. The van der Waals surface area contributed by atoms with Crippen LogP contribution in [0.5, 0.6) is 0 Å². The fraction of sp³-hybridized carbons (Fsp3) is 0.333. The average molecular weight is 833 g/mol. The van der Waals surface area contributed by atoms with Gasteiger partial charge < -0.3 is 23.8 Å². The van der Waals surface area contributed by atoms with Gasteiger partial charge >= 0.3 is 0 Å². The van der Waals surface area contributed by atoms with E-state index in [1.165, 1.54) is 17.7 Å². The first-order valence-electron chi connectivity index (χ1n) is 21.2. The van der Waals surface area contributed by atoms with Gasteiger partial charge in [0.2, 0.25) is 0 Å². The van der Waals surface area contributed by atoms with Crippen molar-refractivity contribution in [3.8, 4) is 17.3 Å². The third kappa shape index (κ3) is 7.86. The van der Waals surface area contributed by atoms with E-state index in [4.69, 9.17) is 9.47 Å². The molecule has 4 aromatic carbocycles. The molecule has 3 aliphatic rings. The normalized spacial score (nSPS) is 18.0. The van der Waals surface area contributed by atoms with Crippen molar-refractivity contribution >= 4 is 34.1 Å². The third-order valence-electron chi connectivity index (χ3n) is 12.7. The second-order valence-corrected chi connectivity index (χ2v) is 16.4. The average Bonchev–Trinajstić information content (AvgIpc) is 3.87. The fourth-order valence-corrected chi connectivity index (χ4v) is 9.16. The minimum absolute atomic E-state index is 0.0964. The van der Waals surface area contributed by atoms with E-state index in [0.29, 0.717) is 84.2 Å². The molecule has 0 bridgehead atoms. The van der Waals surface area contributed by atoms with Crippen molar-refractivity contribution in [2.75, 3.05) is 44.4 Å². The molecule has 2 fully saturated rings. The lowest BCUT2D eigenvalue weighted by atomic mass is 9.92. The van der Waals surface area contributed by atoms with Crippen LogP contribution in [0.2, 0.25) is 0 Å². The van der Waals surface area contributed by atoms with Crippen molar-refractivity contribution in [1.82, 2.24) is 24.1 Å². The van der Waals surface area contributed by atoms with Gasteiger partial charge in [-0.1, -0.05) is 42.5 Å². The van der Waals surface area contributed by atoms with E-state index in [9.17, 15) is 15.4 Å². The Bertz CT molecular complexity index is 2720. The Kier molecular flexibility index (Phi) is 11.4. The highest BCUT2D eigenvalue weighted by Crippen LogP contribution is 2.36. The summed E-state index contributed by atoms with van der Waals surface area (Å²) in [5.41, 5.74) is 6.83. The van der Waals surface area contributed by atoms with Crippen molar-refractivity contribution in [2.24, 2.45) is 7.05 Å². The van der Waals surface area contributed by atoms with Gasteiger partial charge in [-0.3, -0.25) is 24.6 Å². The van der Waals surface area contributed by atoms with E-state index >= 15 is 9.59 Å². The molecular formula is C48H48N8O6. The Morgan fingerprint density at radius 1 is 0.952 bits per heavy atom. The van der Waals surface area contributed by atoms with Crippen molar-refractivity contribution in [2.45, 2.75) is 58.0 Å². The SMILES string of the molecule is Cc1c(C(=O)N(Cc2ccccc2C#N)c2ccc3c(cnn3C3CCCCO3)c2)cc(-c2cc([N+](=O)[O-])ccc2C(=O)N2Cc3ccccc3C[C@H]2CN2CCOCC2)n1C. The summed E-state index contributed by atoms with van der Waals surface area (Å²) in [6.07, 6.45) is 5.23. The minimum atomic E-state index is -0.467. The molecule has 0 radical (unpaired) electrons. The molecule has 6 aromatic rings. The minimum Gasteiger partial charge on any atom is -0.379 e. The van der Waals surface area contributed by atoms with Gasteiger partial charge in [0, 0.05) is 91.6 Å². The summed E-state index contributed by atoms with van der Waals surface area (Å²) >= 11 is 0. The van der Waals surface area contributed by atoms with Crippen LogP contribution in [0.25, 0.3) is 22.2 Å². The fourth-order valence-electron chi connectivity index (χ4n) is 9.16. The number of ether oxygens (including phenoxy) is 2. The summed E-state index contributed by atoms with van der Waals surface area (Å²) in [7, 11) is 1.80. The first-order valence-corrected chi connectivity index (χ1v) is 21.2. The molecule has 2 amide bonds. The Balaban J connectivity index is 1.11. The highest BCUT2D eigenvalue weighted by atomic mass is 16.6. The van der Waals surface area contributed by atoms with Gasteiger partial charge in [-0.15, -0.1) is 0 Å². The largest absolute Gasteiger partial charge is 0.379 e. The molecule has 1 unspecified atom stereocenters. The molecule has 0 saturated carbocycles. The number of benzene rings is 4. The number of nitriles is 1.